The highest BCUT2D eigenvalue weighted by Crippen LogP contribution is 2.11. The number of carbonyl (C=O) groups is 3. The van der Waals surface area contributed by atoms with Crippen molar-refractivity contribution in [3.63, 3.8) is 0 Å². The van der Waals surface area contributed by atoms with Gasteiger partial charge in [-0.3, -0.25) is 14.4 Å². The molecule has 0 aromatic heterocycles. The first kappa shape index (κ1) is 18.6. The Bertz CT molecular complexity index is 557. The quantitative estimate of drug-likeness (QED) is 0.598. The molecule has 7 heteroatoms. The van der Waals surface area contributed by atoms with Crippen molar-refractivity contribution in [1.29, 1.82) is 0 Å². The maximum Gasteiger partial charge on any atom is 0.322 e. The molecule has 0 saturated heterocycles. The second kappa shape index (κ2) is 9.58. The number of rotatable bonds is 9. The van der Waals surface area contributed by atoms with Crippen LogP contribution >= 0.6 is 0 Å². The van der Waals surface area contributed by atoms with Crippen molar-refractivity contribution in [1.82, 2.24) is 5.32 Å². The number of carbonyl (C=O) groups excluding carboxylic acids is 2. The third-order valence-corrected chi connectivity index (χ3v) is 2.73. The minimum atomic E-state index is -1.12. The number of benzene rings is 1. The summed E-state index contributed by atoms with van der Waals surface area (Å²) in [4.78, 5) is 34.0. The summed E-state index contributed by atoms with van der Waals surface area (Å²) in [5.74, 6) is -1.43. The standard InChI is InChI=1S/C16H22N2O5/c1-11(2)10-23-7-6-14(19)18-13-5-3-4-12(8-13)16(22)17-9-15(20)21/h3-5,8,11H,6-7,9-10H2,1-2H3,(H,17,22)(H,18,19)(H,20,21). The molecule has 0 aliphatic heterocycles. The molecule has 0 atom stereocenters. The highest BCUT2D eigenvalue weighted by Gasteiger charge is 2.09. The average molecular weight is 322 g/mol. The van der Waals surface area contributed by atoms with Crippen molar-refractivity contribution >= 4 is 23.5 Å². The molecule has 0 fully saturated rings. The van der Waals surface area contributed by atoms with Crippen molar-refractivity contribution < 1.29 is 24.2 Å². The minimum Gasteiger partial charge on any atom is -0.480 e. The highest BCUT2D eigenvalue weighted by atomic mass is 16.5. The number of carboxylic acid groups (broad SMARTS) is 1. The molecule has 0 unspecified atom stereocenters. The fraction of sp³-hybridized carbons (Fsp3) is 0.438. The lowest BCUT2D eigenvalue weighted by Gasteiger charge is -2.09. The lowest BCUT2D eigenvalue weighted by atomic mass is 10.2. The van der Waals surface area contributed by atoms with Gasteiger partial charge in [-0.25, -0.2) is 0 Å². The number of hydrogen-bond donors (Lipinski definition) is 3. The van der Waals surface area contributed by atoms with E-state index in [1.165, 1.54) is 6.07 Å². The zero-order chi connectivity index (χ0) is 17.2. The van der Waals surface area contributed by atoms with Crippen molar-refractivity contribution in [3.05, 3.63) is 29.8 Å². The molecule has 0 radical (unpaired) electrons. The molecule has 0 bridgehead atoms. The van der Waals surface area contributed by atoms with Crippen LogP contribution in [0.25, 0.3) is 0 Å². The van der Waals surface area contributed by atoms with Crippen molar-refractivity contribution in [3.8, 4) is 0 Å². The van der Waals surface area contributed by atoms with Crippen LogP contribution in [0.15, 0.2) is 24.3 Å². The van der Waals surface area contributed by atoms with Crippen LogP contribution < -0.4 is 10.6 Å². The Hall–Kier alpha value is -2.41. The Kier molecular flexibility index (Phi) is 7.76. The summed E-state index contributed by atoms with van der Waals surface area (Å²) >= 11 is 0. The first-order chi connectivity index (χ1) is 10.9. The van der Waals surface area contributed by atoms with Crippen molar-refractivity contribution in [2.45, 2.75) is 20.3 Å². The molecule has 0 spiro atoms. The van der Waals surface area contributed by atoms with Crippen LogP contribution in [0.2, 0.25) is 0 Å². The number of anilines is 1. The molecule has 1 aromatic rings. The number of ether oxygens (including phenoxy) is 1. The predicted octanol–water partition coefficient (Wildman–Crippen LogP) is 1.50. The van der Waals surface area contributed by atoms with Crippen LogP contribution in [0.3, 0.4) is 0 Å². The predicted molar refractivity (Wildman–Crippen MR) is 85.3 cm³/mol. The third kappa shape index (κ3) is 7.96. The van der Waals surface area contributed by atoms with E-state index in [1.807, 2.05) is 13.8 Å². The van der Waals surface area contributed by atoms with Gasteiger partial charge in [0.2, 0.25) is 5.91 Å². The average Bonchev–Trinajstić information content (AvgIpc) is 2.49. The molecular weight excluding hydrogens is 300 g/mol. The number of nitrogens with one attached hydrogen (secondary N) is 2. The lowest BCUT2D eigenvalue weighted by Crippen LogP contribution is -2.29. The van der Waals surface area contributed by atoms with Gasteiger partial charge in [-0.15, -0.1) is 0 Å². The molecule has 0 aliphatic carbocycles. The molecule has 3 N–H and O–H groups in total. The maximum atomic E-state index is 11.8. The van der Waals surface area contributed by atoms with Gasteiger partial charge in [-0.05, 0) is 24.1 Å². The molecule has 0 saturated carbocycles. The summed E-state index contributed by atoms with van der Waals surface area (Å²) in [7, 11) is 0. The Morgan fingerprint density at radius 2 is 2.00 bits per heavy atom. The number of aliphatic carboxylic acids is 1. The van der Waals surface area contributed by atoms with Crippen LogP contribution in [0.4, 0.5) is 5.69 Å². The zero-order valence-electron chi connectivity index (χ0n) is 13.3. The third-order valence-electron chi connectivity index (χ3n) is 2.73. The molecule has 1 rings (SSSR count). The Balaban J connectivity index is 2.48. The van der Waals surface area contributed by atoms with Crippen LogP contribution in [0, 0.1) is 5.92 Å². The summed E-state index contributed by atoms with van der Waals surface area (Å²) in [6.07, 6.45) is 0.224. The van der Waals surface area contributed by atoms with Gasteiger partial charge < -0.3 is 20.5 Å². The molecular formula is C16H22N2O5. The smallest absolute Gasteiger partial charge is 0.322 e. The van der Waals surface area contributed by atoms with Gasteiger partial charge in [0, 0.05) is 17.9 Å². The number of carboxylic acids is 1. The molecule has 0 aliphatic rings. The highest BCUT2D eigenvalue weighted by molar-refractivity contribution is 5.98. The topological polar surface area (TPSA) is 105 Å². The van der Waals surface area contributed by atoms with E-state index in [0.717, 1.165) is 0 Å². The first-order valence-corrected chi connectivity index (χ1v) is 7.36. The summed E-state index contributed by atoms with van der Waals surface area (Å²) in [6.45, 7) is 4.54. The first-order valence-electron chi connectivity index (χ1n) is 7.36. The molecule has 0 heterocycles. The largest absolute Gasteiger partial charge is 0.480 e. The normalized spacial score (nSPS) is 10.4. The van der Waals surface area contributed by atoms with E-state index >= 15 is 0 Å². The zero-order valence-corrected chi connectivity index (χ0v) is 13.3. The molecule has 126 valence electrons. The second-order valence-corrected chi connectivity index (χ2v) is 5.42. The van der Waals surface area contributed by atoms with E-state index in [4.69, 9.17) is 9.84 Å². The van der Waals surface area contributed by atoms with E-state index in [9.17, 15) is 14.4 Å². The van der Waals surface area contributed by atoms with Gasteiger partial charge in [0.25, 0.3) is 5.91 Å². The molecule has 23 heavy (non-hydrogen) atoms. The van der Waals surface area contributed by atoms with E-state index < -0.39 is 18.4 Å². The number of hydrogen-bond acceptors (Lipinski definition) is 4. The molecule has 7 nitrogen and oxygen atoms in total. The Labute approximate surface area is 135 Å². The molecule has 2 amide bonds. The van der Waals surface area contributed by atoms with Crippen LogP contribution in [0.5, 0.6) is 0 Å². The van der Waals surface area contributed by atoms with Crippen LogP contribution in [0.1, 0.15) is 30.6 Å². The van der Waals surface area contributed by atoms with Crippen molar-refractivity contribution in [2.75, 3.05) is 25.1 Å². The molecule has 1 aromatic carbocycles. The summed E-state index contributed by atoms with van der Waals surface area (Å²) in [5, 5.41) is 13.5. The number of amides is 2. The van der Waals surface area contributed by atoms with Gasteiger partial charge in [0.1, 0.15) is 6.54 Å². The lowest BCUT2D eigenvalue weighted by molar-refractivity contribution is -0.135. The van der Waals surface area contributed by atoms with E-state index in [1.54, 1.807) is 18.2 Å². The second-order valence-electron chi connectivity index (χ2n) is 5.42. The van der Waals surface area contributed by atoms with Gasteiger partial charge in [0.05, 0.1) is 13.0 Å². The van der Waals surface area contributed by atoms with E-state index in [2.05, 4.69) is 10.6 Å². The SMILES string of the molecule is CC(C)COCCC(=O)Nc1cccc(C(=O)NCC(=O)O)c1. The van der Waals surface area contributed by atoms with E-state index in [-0.39, 0.29) is 17.9 Å². The summed E-state index contributed by atoms with van der Waals surface area (Å²) in [5.41, 5.74) is 0.752. The van der Waals surface area contributed by atoms with Gasteiger partial charge in [-0.1, -0.05) is 19.9 Å². The van der Waals surface area contributed by atoms with Crippen molar-refractivity contribution in [2.24, 2.45) is 5.92 Å². The van der Waals surface area contributed by atoms with E-state index in [0.29, 0.717) is 24.8 Å². The fourth-order valence-corrected chi connectivity index (χ4v) is 1.70. The van der Waals surface area contributed by atoms with Gasteiger partial charge in [-0.2, -0.15) is 0 Å². The Morgan fingerprint density at radius 3 is 2.65 bits per heavy atom. The van der Waals surface area contributed by atoms with Gasteiger partial charge in [0.15, 0.2) is 0 Å². The Morgan fingerprint density at radius 1 is 1.26 bits per heavy atom. The monoisotopic (exact) mass is 322 g/mol. The van der Waals surface area contributed by atoms with Crippen LogP contribution in [-0.4, -0.2) is 42.6 Å². The van der Waals surface area contributed by atoms with Crippen LogP contribution in [-0.2, 0) is 14.3 Å². The van der Waals surface area contributed by atoms with Gasteiger partial charge >= 0.3 is 5.97 Å². The summed E-state index contributed by atoms with van der Waals surface area (Å²) < 4.78 is 5.34. The maximum absolute atomic E-state index is 11.8. The summed E-state index contributed by atoms with van der Waals surface area (Å²) in [6, 6.07) is 6.30. The fourth-order valence-electron chi connectivity index (χ4n) is 1.70. The minimum absolute atomic E-state index is 0.211.